The highest BCUT2D eigenvalue weighted by molar-refractivity contribution is 5.94. The van der Waals surface area contributed by atoms with Crippen molar-refractivity contribution in [2.75, 3.05) is 51.9 Å². The highest BCUT2D eigenvalue weighted by Crippen LogP contribution is 2.20. The van der Waals surface area contributed by atoms with Crippen molar-refractivity contribution in [2.45, 2.75) is 20.4 Å². The molecule has 0 unspecified atom stereocenters. The van der Waals surface area contributed by atoms with E-state index >= 15 is 0 Å². The van der Waals surface area contributed by atoms with Gasteiger partial charge in [0.25, 0.3) is 0 Å². The van der Waals surface area contributed by atoms with Gasteiger partial charge in [-0.1, -0.05) is 0 Å². The zero-order valence-corrected chi connectivity index (χ0v) is 13.7. The van der Waals surface area contributed by atoms with Gasteiger partial charge in [-0.25, -0.2) is 0 Å². The molecule has 1 aliphatic heterocycles. The van der Waals surface area contributed by atoms with Crippen LogP contribution in [0.25, 0.3) is 0 Å². The number of carbonyl (C=O) groups is 1. The average molecular weight is 310 g/mol. The number of methoxy groups -OCH3 is 1. The topological polar surface area (TPSA) is 68.6 Å². The Bertz CT molecular complexity index is 481. The first-order valence-electron chi connectivity index (χ1n) is 7.64. The van der Waals surface area contributed by atoms with Gasteiger partial charge in [0.1, 0.15) is 0 Å². The zero-order valence-electron chi connectivity index (χ0n) is 13.7. The van der Waals surface area contributed by atoms with Crippen LogP contribution in [0.4, 0.5) is 5.69 Å². The van der Waals surface area contributed by atoms with Gasteiger partial charge < -0.3 is 14.8 Å². The lowest BCUT2D eigenvalue weighted by molar-refractivity contribution is -0.125. The number of hydrogen-bond donors (Lipinski definition) is 1. The molecule has 0 saturated carbocycles. The molecule has 1 fully saturated rings. The van der Waals surface area contributed by atoms with Crippen LogP contribution < -0.4 is 5.32 Å². The molecule has 2 rings (SSSR count). The monoisotopic (exact) mass is 310 g/mol. The van der Waals surface area contributed by atoms with E-state index in [1.54, 1.807) is 18.0 Å². The Morgan fingerprint density at radius 1 is 1.45 bits per heavy atom. The summed E-state index contributed by atoms with van der Waals surface area (Å²) in [4.78, 5) is 14.8. The summed E-state index contributed by atoms with van der Waals surface area (Å²) in [6.45, 7) is 9.16. The van der Waals surface area contributed by atoms with Crippen LogP contribution in [0.3, 0.4) is 0 Å². The van der Waals surface area contributed by atoms with E-state index in [2.05, 4.69) is 15.3 Å². The number of anilines is 1. The van der Waals surface area contributed by atoms with Gasteiger partial charge in [-0.2, -0.15) is 5.10 Å². The van der Waals surface area contributed by atoms with E-state index in [4.69, 9.17) is 9.47 Å². The SMILES string of the molecule is COCCn1cc(NC(=O)C(C)(C)CN2CCOCC2)cn1. The normalized spacial score (nSPS) is 16.7. The molecule has 0 bridgehead atoms. The van der Waals surface area contributed by atoms with Crippen LogP contribution in [0, 0.1) is 5.41 Å². The maximum atomic E-state index is 12.5. The molecular formula is C15H26N4O3. The van der Waals surface area contributed by atoms with Crippen molar-refractivity contribution in [3.8, 4) is 0 Å². The summed E-state index contributed by atoms with van der Waals surface area (Å²) in [5.74, 6) is 0.00489. The van der Waals surface area contributed by atoms with Gasteiger partial charge in [-0.15, -0.1) is 0 Å². The molecule has 0 aliphatic carbocycles. The van der Waals surface area contributed by atoms with E-state index in [9.17, 15) is 4.79 Å². The van der Waals surface area contributed by atoms with Crippen molar-refractivity contribution < 1.29 is 14.3 Å². The lowest BCUT2D eigenvalue weighted by Crippen LogP contribution is -2.46. The molecule has 1 amide bonds. The Morgan fingerprint density at radius 3 is 2.86 bits per heavy atom. The third-order valence-electron chi connectivity index (χ3n) is 3.75. The lowest BCUT2D eigenvalue weighted by atomic mass is 9.91. The summed E-state index contributed by atoms with van der Waals surface area (Å²) >= 11 is 0. The molecular weight excluding hydrogens is 284 g/mol. The van der Waals surface area contributed by atoms with Crippen LogP contribution in [-0.4, -0.2) is 67.2 Å². The minimum absolute atomic E-state index is 0.00489. The number of nitrogens with one attached hydrogen (secondary N) is 1. The maximum absolute atomic E-state index is 12.5. The quantitative estimate of drug-likeness (QED) is 0.808. The number of ether oxygens (including phenoxy) is 2. The van der Waals surface area contributed by atoms with Crippen LogP contribution in [0.15, 0.2) is 12.4 Å². The smallest absolute Gasteiger partial charge is 0.231 e. The number of aromatic nitrogens is 2. The molecule has 1 N–H and O–H groups in total. The Balaban J connectivity index is 1.87. The summed E-state index contributed by atoms with van der Waals surface area (Å²) < 4.78 is 12.1. The third kappa shape index (κ3) is 4.79. The van der Waals surface area contributed by atoms with E-state index in [1.807, 2.05) is 20.0 Å². The fraction of sp³-hybridized carbons (Fsp3) is 0.733. The molecule has 124 valence electrons. The molecule has 2 heterocycles. The largest absolute Gasteiger partial charge is 0.383 e. The first-order valence-corrected chi connectivity index (χ1v) is 7.64. The van der Waals surface area contributed by atoms with Gasteiger partial charge in [0.2, 0.25) is 5.91 Å². The van der Waals surface area contributed by atoms with Crippen molar-refractivity contribution in [3.63, 3.8) is 0 Å². The molecule has 7 heteroatoms. The lowest BCUT2D eigenvalue weighted by Gasteiger charge is -2.33. The first-order chi connectivity index (χ1) is 10.5. The molecule has 0 atom stereocenters. The highest BCUT2D eigenvalue weighted by atomic mass is 16.5. The summed E-state index contributed by atoms with van der Waals surface area (Å²) in [5, 5.41) is 7.15. The van der Waals surface area contributed by atoms with E-state index in [1.165, 1.54) is 0 Å². The summed E-state index contributed by atoms with van der Waals surface area (Å²) in [5.41, 5.74) is 0.252. The summed E-state index contributed by atoms with van der Waals surface area (Å²) in [7, 11) is 1.65. The molecule has 0 radical (unpaired) electrons. The second kappa shape index (κ2) is 7.71. The summed E-state index contributed by atoms with van der Waals surface area (Å²) in [6, 6.07) is 0. The van der Waals surface area contributed by atoms with Crippen LogP contribution >= 0.6 is 0 Å². The van der Waals surface area contributed by atoms with Crippen molar-refractivity contribution in [1.29, 1.82) is 0 Å². The van der Waals surface area contributed by atoms with Crippen molar-refractivity contribution in [1.82, 2.24) is 14.7 Å². The fourth-order valence-corrected chi connectivity index (χ4v) is 2.43. The molecule has 1 aromatic rings. The molecule has 0 aromatic carbocycles. The minimum Gasteiger partial charge on any atom is -0.383 e. The Morgan fingerprint density at radius 2 is 2.18 bits per heavy atom. The number of rotatable bonds is 7. The van der Waals surface area contributed by atoms with Crippen LogP contribution in [0.1, 0.15) is 13.8 Å². The number of morpholine rings is 1. The number of hydrogen-bond acceptors (Lipinski definition) is 5. The number of nitrogens with zero attached hydrogens (tertiary/aromatic N) is 3. The minimum atomic E-state index is -0.466. The molecule has 22 heavy (non-hydrogen) atoms. The second-order valence-corrected chi connectivity index (χ2v) is 6.21. The number of amides is 1. The molecule has 1 aromatic heterocycles. The predicted octanol–water partition coefficient (Wildman–Crippen LogP) is 0.826. The van der Waals surface area contributed by atoms with Gasteiger partial charge in [0.05, 0.1) is 43.7 Å². The molecule has 1 aliphatic rings. The fourth-order valence-electron chi connectivity index (χ4n) is 2.43. The molecule has 1 saturated heterocycles. The standard InChI is InChI=1S/C15H26N4O3/c1-15(2,12-18-4-8-22-9-5-18)14(20)17-13-10-16-19(11-13)6-7-21-3/h10-11H,4-9,12H2,1-3H3,(H,17,20). The maximum Gasteiger partial charge on any atom is 0.231 e. The van der Waals surface area contributed by atoms with Crippen LogP contribution in [0.2, 0.25) is 0 Å². The van der Waals surface area contributed by atoms with Gasteiger partial charge in [0.15, 0.2) is 0 Å². The van der Waals surface area contributed by atoms with Crippen molar-refractivity contribution >= 4 is 11.6 Å². The van der Waals surface area contributed by atoms with Gasteiger partial charge in [-0.05, 0) is 13.8 Å². The Labute approximate surface area is 131 Å². The third-order valence-corrected chi connectivity index (χ3v) is 3.75. The van der Waals surface area contributed by atoms with Crippen LogP contribution in [0.5, 0.6) is 0 Å². The highest BCUT2D eigenvalue weighted by Gasteiger charge is 2.31. The summed E-state index contributed by atoms with van der Waals surface area (Å²) in [6.07, 6.45) is 3.49. The van der Waals surface area contributed by atoms with E-state index in [0.717, 1.165) is 38.5 Å². The molecule has 0 spiro atoms. The zero-order chi connectivity index (χ0) is 16.0. The Kier molecular flexibility index (Phi) is 5.93. The average Bonchev–Trinajstić information content (AvgIpc) is 2.93. The van der Waals surface area contributed by atoms with E-state index in [0.29, 0.717) is 13.2 Å². The predicted molar refractivity (Wildman–Crippen MR) is 83.8 cm³/mol. The van der Waals surface area contributed by atoms with E-state index < -0.39 is 5.41 Å². The van der Waals surface area contributed by atoms with Gasteiger partial charge in [-0.3, -0.25) is 14.4 Å². The Hall–Kier alpha value is -1.44. The van der Waals surface area contributed by atoms with E-state index in [-0.39, 0.29) is 5.91 Å². The van der Waals surface area contributed by atoms with Crippen molar-refractivity contribution in [2.24, 2.45) is 5.41 Å². The molecule has 7 nitrogen and oxygen atoms in total. The first kappa shape index (κ1) is 16.9. The number of carbonyl (C=O) groups excluding carboxylic acids is 1. The van der Waals surface area contributed by atoms with Gasteiger partial charge >= 0.3 is 0 Å². The second-order valence-electron chi connectivity index (χ2n) is 6.21. The van der Waals surface area contributed by atoms with Gasteiger partial charge in [0, 0.05) is 32.9 Å². The van der Waals surface area contributed by atoms with Crippen LogP contribution in [-0.2, 0) is 20.8 Å². The van der Waals surface area contributed by atoms with Crippen molar-refractivity contribution in [3.05, 3.63) is 12.4 Å².